The Balaban J connectivity index is 1.78. The summed E-state index contributed by atoms with van der Waals surface area (Å²) in [5, 5.41) is 11.1. The molecule has 7 nitrogen and oxygen atoms in total. The summed E-state index contributed by atoms with van der Waals surface area (Å²) in [6, 6.07) is 16.5. The Morgan fingerprint density at radius 1 is 1.06 bits per heavy atom. The van der Waals surface area contributed by atoms with E-state index in [4.69, 9.17) is 9.15 Å². The quantitative estimate of drug-likeness (QED) is 0.320. The van der Waals surface area contributed by atoms with Gasteiger partial charge in [0, 0.05) is 31.0 Å². The van der Waals surface area contributed by atoms with Gasteiger partial charge in [0.1, 0.15) is 23.3 Å². The minimum atomic E-state index is -0.888. The van der Waals surface area contributed by atoms with Crippen molar-refractivity contribution >= 4 is 28.8 Å². The molecule has 1 amide bonds. The summed E-state index contributed by atoms with van der Waals surface area (Å²) in [7, 11) is 3.84. The van der Waals surface area contributed by atoms with Crippen LogP contribution in [0.3, 0.4) is 0 Å². The van der Waals surface area contributed by atoms with E-state index < -0.39 is 17.7 Å². The molecule has 0 spiro atoms. The van der Waals surface area contributed by atoms with Gasteiger partial charge >= 0.3 is 0 Å². The van der Waals surface area contributed by atoms with Gasteiger partial charge < -0.3 is 19.2 Å². The molecular weight excluding hydrogens is 420 g/mol. The minimum Gasteiger partial charge on any atom is -0.507 e. The molecule has 0 aliphatic carbocycles. The fourth-order valence-corrected chi connectivity index (χ4v) is 3.81. The molecule has 33 heavy (non-hydrogen) atoms. The zero-order valence-corrected chi connectivity index (χ0v) is 18.8. The summed E-state index contributed by atoms with van der Waals surface area (Å²) in [6.07, 6.45) is 2.36. The maximum atomic E-state index is 13.1. The van der Waals surface area contributed by atoms with Crippen LogP contribution in [0, 0.1) is 0 Å². The average molecular weight is 447 g/mol. The molecule has 1 aliphatic heterocycles. The molecule has 7 heteroatoms. The number of anilines is 2. The van der Waals surface area contributed by atoms with Crippen LogP contribution < -0.4 is 14.5 Å². The van der Waals surface area contributed by atoms with Crippen LogP contribution in [0.5, 0.6) is 5.75 Å². The number of ketones is 1. The van der Waals surface area contributed by atoms with Crippen molar-refractivity contribution in [1.29, 1.82) is 0 Å². The second kappa shape index (κ2) is 9.24. The van der Waals surface area contributed by atoms with Crippen molar-refractivity contribution in [2.75, 3.05) is 30.5 Å². The zero-order chi connectivity index (χ0) is 23.5. The molecule has 0 bridgehead atoms. The number of aliphatic hydroxyl groups excluding tert-OH is 1. The van der Waals surface area contributed by atoms with Crippen molar-refractivity contribution in [2.45, 2.75) is 19.4 Å². The molecule has 1 aliphatic rings. The molecule has 170 valence electrons. The van der Waals surface area contributed by atoms with E-state index in [0.29, 0.717) is 29.4 Å². The van der Waals surface area contributed by atoms with Crippen molar-refractivity contribution < 1.29 is 23.8 Å². The van der Waals surface area contributed by atoms with Gasteiger partial charge in [-0.2, -0.15) is 0 Å². The van der Waals surface area contributed by atoms with Gasteiger partial charge in [-0.15, -0.1) is 0 Å². The first kappa shape index (κ1) is 22.2. The van der Waals surface area contributed by atoms with Crippen molar-refractivity contribution in [3.8, 4) is 5.75 Å². The van der Waals surface area contributed by atoms with Crippen LogP contribution in [0.2, 0.25) is 0 Å². The van der Waals surface area contributed by atoms with E-state index in [-0.39, 0.29) is 11.3 Å². The monoisotopic (exact) mass is 446 g/mol. The van der Waals surface area contributed by atoms with E-state index in [1.807, 2.05) is 38.1 Å². The highest BCUT2D eigenvalue weighted by Crippen LogP contribution is 2.42. The van der Waals surface area contributed by atoms with Crippen LogP contribution in [-0.4, -0.2) is 37.5 Å². The van der Waals surface area contributed by atoms with Gasteiger partial charge in [0.25, 0.3) is 11.7 Å². The summed E-state index contributed by atoms with van der Waals surface area (Å²) in [5.41, 5.74) is 1.88. The van der Waals surface area contributed by atoms with E-state index in [9.17, 15) is 14.7 Å². The molecule has 1 fully saturated rings. The number of rotatable bonds is 7. The number of aliphatic hydroxyl groups is 1. The van der Waals surface area contributed by atoms with E-state index in [1.165, 1.54) is 11.2 Å². The van der Waals surface area contributed by atoms with Crippen molar-refractivity contribution in [2.24, 2.45) is 0 Å². The van der Waals surface area contributed by atoms with Crippen molar-refractivity contribution in [3.05, 3.63) is 83.8 Å². The lowest BCUT2D eigenvalue weighted by Gasteiger charge is -2.24. The van der Waals surface area contributed by atoms with Gasteiger partial charge in [-0.1, -0.05) is 6.92 Å². The number of carbonyl (C=O) groups is 2. The van der Waals surface area contributed by atoms with Crippen molar-refractivity contribution in [1.82, 2.24) is 0 Å². The third kappa shape index (κ3) is 4.22. The van der Waals surface area contributed by atoms with Crippen LogP contribution in [-0.2, 0) is 9.59 Å². The second-order valence-corrected chi connectivity index (χ2v) is 7.97. The molecule has 0 saturated carbocycles. The number of hydrogen-bond acceptors (Lipinski definition) is 6. The molecule has 2 heterocycles. The summed E-state index contributed by atoms with van der Waals surface area (Å²) in [4.78, 5) is 29.5. The molecule has 1 aromatic heterocycles. The molecule has 1 saturated heterocycles. The Morgan fingerprint density at radius 3 is 2.33 bits per heavy atom. The Hall–Kier alpha value is -4.00. The lowest BCUT2D eigenvalue weighted by Crippen LogP contribution is -2.29. The number of carbonyl (C=O) groups excluding carboxylic acids is 2. The zero-order valence-electron chi connectivity index (χ0n) is 18.8. The molecule has 2 aromatic carbocycles. The Labute approximate surface area is 192 Å². The molecule has 3 aromatic rings. The predicted molar refractivity (Wildman–Crippen MR) is 126 cm³/mol. The largest absolute Gasteiger partial charge is 0.507 e. The van der Waals surface area contributed by atoms with Gasteiger partial charge in [-0.05, 0) is 67.1 Å². The lowest BCUT2D eigenvalue weighted by atomic mass is 9.99. The maximum absolute atomic E-state index is 13.1. The van der Waals surface area contributed by atoms with Crippen LogP contribution in [0.25, 0.3) is 5.76 Å². The molecule has 1 N–H and O–H groups in total. The number of benzene rings is 2. The Bertz CT molecular complexity index is 1160. The predicted octanol–water partition coefficient (Wildman–Crippen LogP) is 4.76. The second-order valence-electron chi connectivity index (χ2n) is 7.97. The third-order valence-electron chi connectivity index (χ3n) is 5.50. The SMILES string of the molecule is CCCOc1ccc(/C(O)=C2/C(=O)C(=O)N(c3ccc(N(C)C)cc3)C2c2ccco2)cc1. The molecule has 1 unspecified atom stereocenters. The van der Waals surface area contributed by atoms with Crippen LogP contribution in [0.15, 0.2) is 76.9 Å². The number of ether oxygens (including phenoxy) is 1. The van der Waals surface area contributed by atoms with E-state index in [0.717, 1.165) is 12.1 Å². The number of amides is 1. The molecule has 4 rings (SSSR count). The van der Waals surface area contributed by atoms with Gasteiger partial charge in [0.2, 0.25) is 0 Å². The topological polar surface area (TPSA) is 83.2 Å². The fraction of sp³-hybridized carbons (Fsp3) is 0.231. The third-order valence-corrected chi connectivity index (χ3v) is 5.50. The van der Waals surface area contributed by atoms with Gasteiger partial charge in [-0.3, -0.25) is 14.5 Å². The number of furan rings is 1. The van der Waals surface area contributed by atoms with E-state index >= 15 is 0 Å². The maximum Gasteiger partial charge on any atom is 0.300 e. The highest BCUT2D eigenvalue weighted by Gasteiger charge is 2.48. The fourth-order valence-electron chi connectivity index (χ4n) is 3.81. The summed E-state index contributed by atoms with van der Waals surface area (Å²) < 4.78 is 11.2. The molecular formula is C26H26N2O5. The number of nitrogens with zero attached hydrogens (tertiary/aromatic N) is 2. The first-order chi connectivity index (χ1) is 15.9. The number of hydrogen-bond donors (Lipinski definition) is 1. The standard InChI is InChI=1S/C26H26N2O5/c1-4-15-32-20-13-7-17(8-14-20)24(29)22-23(21-6-5-16-33-21)28(26(31)25(22)30)19-11-9-18(10-12-19)27(2)3/h5-14,16,23,29H,4,15H2,1-3H3/b24-22-. The average Bonchev–Trinajstić information content (AvgIpc) is 3.44. The first-order valence-corrected chi connectivity index (χ1v) is 10.8. The summed E-state index contributed by atoms with van der Waals surface area (Å²) >= 11 is 0. The highest BCUT2D eigenvalue weighted by molar-refractivity contribution is 6.51. The summed E-state index contributed by atoms with van der Waals surface area (Å²) in [6.45, 7) is 2.60. The summed E-state index contributed by atoms with van der Waals surface area (Å²) in [5.74, 6) is -0.702. The molecule has 1 atom stereocenters. The van der Waals surface area contributed by atoms with Crippen LogP contribution in [0.4, 0.5) is 11.4 Å². The number of Topliss-reactive ketones (excluding diaryl/α,β-unsaturated/α-hetero) is 1. The Morgan fingerprint density at radius 2 is 1.76 bits per heavy atom. The van der Waals surface area contributed by atoms with Crippen molar-refractivity contribution in [3.63, 3.8) is 0 Å². The lowest BCUT2D eigenvalue weighted by molar-refractivity contribution is -0.132. The van der Waals surface area contributed by atoms with Gasteiger partial charge in [-0.25, -0.2) is 0 Å². The smallest absolute Gasteiger partial charge is 0.300 e. The van der Waals surface area contributed by atoms with Crippen LogP contribution in [0.1, 0.15) is 30.7 Å². The Kier molecular flexibility index (Phi) is 6.22. The first-order valence-electron chi connectivity index (χ1n) is 10.8. The van der Waals surface area contributed by atoms with Gasteiger partial charge in [0.05, 0.1) is 18.4 Å². The van der Waals surface area contributed by atoms with Crippen LogP contribution >= 0.6 is 0 Å². The van der Waals surface area contributed by atoms with Gasteiger partial charge in [0.15, 0.2) is 0 Å². The van der Waals surface area contributed by atoms with E-state index in [2.05, 4.69) is 0 Å². The van der Waals surface area contributed by atoms with E-state index in [1.54, 1.807) is 48.5 Å². The molecule has 0 radical (unpaired) electrons. The highest BCUT2D eigenvalue weighted by atomic mass is 16.5. The normalized spacial score (nSPS) is 17.4. The minimum absolute atomic E-state index is 0.0196.